The van der Waals surface area contributed by atoms with E-state index in [4.69, 9.17) is 4.74 Å². The molecule has 1 N–H and O–H groups in total. The lowest BCUT2D eigenvalue weighted by molar-refractivity contribution is -0.121. The van der Waals surface area contributed by atoms with Crippen molar-refractivity contribution in [3.8, 4) is 5.75 Å². The molecular formula is C19H18FN3O3S. The first-order valence-corrected chi connectivity index (χ1v) is 9.06. The van der Waals surface area contributed by atoms with E-state index >= 15 is 0 Å². The SMILES string of the molecule is CN=C(Nc1ccc(F)cc1)S[C@H]1CC(=O)N(c2ccc(OC)cc2)C1=O. The number of rotatable bonds is 4. The molecule has 1 aliphatic rings. The number of aliphatic imine (C=N–C) groups is 1. The average molecular weight is 387 g/mol. The summed E-state index contributed by atoms with van der Waals surface area (Å²) in [6.45, 7) is 0. The van der Waals surface area contributed by atoms with Gasteiger partial charge in [0.2, 0.25) is 11.8 Å². The zero-order valence-electron chi connectivity index (χ0n) is 14.8. The molecule has 1 heterocycles. The number of methoxy groups -OCH3 is 1. The van der Waals surface area contributed by atoms with Gasteiger partial charge in [0.15, 0.2) is 5.17 Å². The predicted octanol–water partition coefficient (Wildman–Crippen LogP) is 3.30. The summed E-state index contributed by atoms with van der Waals surface area (Å²) in [5.74, 6) is -0.250. The number of ether oxygens (including phenoxy) is 1. The Labute approximate surface area is 160 Å². The van der Waals surface area contributed by atoms with Crippen LogP contribution < -0.4 is 15.0 Å². The van der Waals surface area contributed by atoms with Crippen molar-refractivity contribution in [1.29, 1.82) is 0 Å². The van der Waals surface area contributed by atoms with Crippen LogP contribution in [0.1, 0.15) is 6.42 Å². The summed E-state index contributed by atoms with van der Waals surface area (Å²) < 4.78 is 18.1. The van der Waals surface area contributed by atoms with Gasteiger partial charge in [0, 0.05) is 19.2 Å². The number of benzene rings is 2. The molecule has 0 saturated carbocycles. The highest BCUT2D eigenvalue weighted by Crippen LogP contribution is 2.31. The molecule has 8 heteroatoms. The zero-order valence-corrected chi connectivity index (χ0v) is 15.6. The van der Waals surface area contributed by atoms with Gasteiger partial charge in [0.25, 0.3) is 0 Å². The van der Waals surface area contributed by atoms with Crippen molar-refractivity contribution in [3.05, 3.63) is 54.3 Å². The predicted molar refractivity (Wildman–Crippen MR) is 105 cm³/mol. The molecular weight excluding hydrogens is 369 g/mol. The van der Waals surface area contributed by atoms with Gasteiger partial charge in [-0.1, -0.05) is 11.8 Å². The van der Waals surface area contributed by atoms with Gasteiger partial charge in [-0.15, -0.1) is 0 Å². The van der Waals surface area contributed by atoms with Crippen molar-refractivity contribution in [2.24, 2.45) is 4.99 Å². The van der Waals surface area contributed by atoms with E-state index in [0.717, 1.165) is 0 Å². The second-order valence-corrected chi connectivity index (χ2v) is 6.93. The number of anilines is 2. The van der Waals surface area contributed by atoms with Gasteiger partial charge in [-0.3, -0.25) is 14.6 Å². The first kappa shape index (κ1) is 18.9. The summed E-state index contributed by atoms with van der Waals surface area (Å²) in [6, 6.07) is 12.6. The van der Waals surface area contributed by atoms with E-state index in [-0.39, 0.29) is 24.1 Å². The number of nitrogens with zero attached hydrogens (tertiary/aromatic N) is 2. The lowest BCUT2D eigenvalue weighted by Crippen LogP contribution is -2.31. The van der Waals surface area contributed by atoms with Crippen molar-refractivity contribution < 1.29 is 18.7 Å². The number of amides is 2. The van der Waals surface area contributed by atoms with Crippen LogP contribution in [-0.2, 0) is 9.59 Å². The van der Waals surface area contributed by atoms with Crippen molar-refractivity contribution >= 4 is 40.1 Å². The first-order chi connectivity index (χ1) is 13.0. The molecule has 140 valence electrons. The second-order valence-electron chi connectivity index (χ2n) is 5.74. The lowest BCUT2D eigenvalue weighted by atomic mass is 10.3. The number of amidine groups is 1. The van der Waals surface area contributed by atoms with E-state index in [1.54, 1.807) is 50.6 Å². The van der Waals surface area contributed by atoms with Gasteiger partial charge in [0.05, 0.1) is 12.8 Å². The maximum absolute atomic E-state index is 13.0. The Hall–Kier alpha value is -2.87. The molecule has 2 aromatic carbocycles. The van der Waals surface area contributed by atoms with Crippen LogP contribution >= 0.6 is 11.8 Å². The van der Waals surface area contributed by atoms with Crippen LogP contribution in [0.15, 0.2) is 53.5 Å². The maximum atomic E-state index is 13.0. The van der Waals surface area contributed by atoms with Crippen LogP contribution in [0.4, 0.5) is 15.8 Å². The topological polar surface area (TPSA) is 71.0 Å². The fourth-order valence-corrected chi connectivity index (χ4v) is 3.61. The van der Waals surface area contributed by atoms with Crippen LogP contribution in [0.5, 0.6) is 5.75 Å². The van der Waals surface area contributed by atoms with Gasteiger partial charge in [-0.2, -0.15) is 0 Å². The molecule has 0 aromatic heterocycles. The Morgan fingerprint density at radius 3 is 2.44 bits per heavy atom. The van der Waals surface area contributed by atoms with Crippen LogP contribution in [0.3, 0.4) is 0 Å². The van der Waals surface area contributed by atoms with Crippen LogP contribution in [-0.4, -0.2) is 36.4 Å². The first-order valence-electron chi connectivity index (χ1n) is 8.18. The molecule has 2 aromatic rings. The molecule has 1 atom stereocenters. The summed E-state index contributed by atoms with van der Waals surface area (Å²) in [5, 5.41) is 2.93. The fraction of sp³-hybridized carbons (Fsp3) is 0.211. The minimum atomic E-state index is -0.578. The molecule has 0 spiro atoms. The number of carbonyl (C=O) groups excluding carboxylic acids is 2. The van der Waals surface area contributed by atoms with E-state index in [2.05, 4.69) is 10.3 Å². The number of nitrogens with one attached hydrogen (secondary N) is 1. The van der Waals surface area contributed by atoms with Crippen molar-refractivity contribution in [3.63, 3.8) is 0 Å². The maximum Gasteiger partial charge on any atom is 0.247 e. The number of carbonyl (C=O) groups is 2. The number of imide groups is 1. The fourth-order valence-electron chi connectivity index (χ4n) is 2.63. The van der Waals surface area contributed by atoms with Crippen LogP contribution in [0, 0.1) is 5.82 Å². The van der Waals surface area contributed by atoms with E-state index in [1.165, 1.54) is 28.8 Å². The number of hydrogen-bond donors (Lipinski definition) is 1. The van der Waals surface area contributed by atoms with Gasteiger partial charge in [0.1, 0.15) is 16.8 Å². The van der Waals surface area contributed by atoms with E-state index in [1.807, 2.05) is 0 Å². The summed E-state index contributed by atoms with van der Waals surface area (Å²) in [7, 11) is 3.13. The molecule has 1 saturated heterocycles. The Morgan fingerprint density at radius 2 is 1.85 bits per heavy atom. The van der Waals surface area contributed by atoms with Crippen LogP contribution in [0.25, 0.3) is 0 Å². The number of thioether (sulfide) groups is 1. The molecule has 0 unspecified atom stereocenters. The molecule has 0 radical (unpaired) electrons. The van der Waals surface area contributed by atoms with Crippen molar-refractivity contribution in [1.82, 2.24) is 0 Å². The third kappa shape index (κ3) is 4.28. The Kier molecular flexibility index (Phi) is 5.75. The summed E-state index contributed by atoms with van der Waals surface area (Å²) >= 11 is 1.18. The van der Waals surface area contributed by atoms with E-state index in [0.29, 0.717) is 22.3 Å². The number of hydrogen-bond acceptors (Lipinski definition) is 5. The zero-order chi connectivity index (χ0) is 19.4. The molecule has 1 aliphatic heterocycles. The number of halogens is 1. The second kappa shape index (κ2) is 8.22. The van der Waals surface area contributed by atoms with Crippen molar-refractivity contribution in [2.45, 2.75) is 11.7 Å². The largest absolute Gasteiger partial charge is 0.497 e. The highest BCUT2D eigenvalue weighted by atomic mass is 32.2. The van der Waals surface area contributed by atoms with E-state index in [9.17, 15) is 14.0 Å². The molecule has 6 nitrogen and oxygen atoms in total. The van der Waals surface area contributed by atoms with Crippen molar-refractivity contribution in [2.75, 3.05) is 24.4 Å². The summed E-state index contributed by atoms with van der Waals surface area (Å²) in [5.41, 5.74) is 1.16. The van der Waals surface area contributed by atoms with Gasteiger partial charge in [-0.25, -0.2) is 9.29 Å². The minimum Gasteiger partial charge on any atom is -0.497 e. The summed E-state index contributed by atoms with van der Waals surface area (Å²) in [4.78, 5) is 30.4. The molecule has 0 bridgehead atoms. The highest BCUT2D eigenvalue weighted by Gasteiger charge is 2.40. The molecule has 27 heavy (non-hydrogen) atoms. The van der Waals surface area contributed by atoms with Crippen LogP contribution in [0.2, 0.25) is 0 Å². The Morgan fingerprint density at radius 1 is 1.19 bits per heavy atom. The monoisotopic (exact) mass is 387 g/mol. The normalized spacial score (nSPS) is 17.4. The van der Waals surface area contributed by atoms with Gasteiger partial charge in [-0.05, 0) is 48.5 Å². The third-order valence-electron chi connectivity index (χ3n) is 3.99. The lowest BCUT2D eigenvalue weighted by Gasteiger charge is -2.16. The smallest absolute Gasteiger partial charge is 0.247 e. The average Bonchev–Trinajstić information content (AvgIpc) is 2.96. The Bertz CT molecular complexity index is 869. The standard InChI is InChI=1S/C19H18FN3O3S/c1-21-19(22-13-5-3-12(20)4-6-13)27-16-11-17(24)23(18(16)25)14-7-9-15(26-2)10-8-14/h3-10,16H,11H2,1-2H3,(H,21,22)/t16-/m0/s1. The molecule has 0 aliphatic carbocycles. The highest BCUT2D eigenvalue weighted by molar-refractivity contribution is 8.15. The minimum absolute atomic E-state index is 0.0830. The third-order valence-corrected chi connectivity index (χ3v) is 5.15. The van der Waals surface area contributed by atoms with E-state index < -0.39 is 5.25 Å². The molecule has 1 fully saturated rings. The van der Waals surface area contributed by atoms with Gasteiger partial charge < -0.3 is 10.1 Å². The Balaban J connectivity index is 1.70. The van der Waals surface area contributed by atoms with Gasteiger partial charge >= 0.3 is 0 Å². The quantitative estimate of drug-likeness (QED) is 0.495. The summed E-state index contributed by atoms with van der Waals surface area (Å²) in [6.07, 6.45) is 0.0830. The molecule has 3 rings (SSSR count). The molecule has 2 amide bonds.